The number of alkyl halides is 3. The van der Waals surface area contributed by atoms with Gasteiger partial charge in [0.2, 0.25) is 5.89 Å². The molecule has 2 aromatic carbocycles. The van der Waals surface area contributed by atoms with E-state index in [1.165, 1.54) is 41.4 Å². The van der Waals surface area contributed by atoms with Crippen molar-refractivity contribution in [3.63, 3.8) is 0 Å². The Balaban J connectivity index is 1.34. The number of oxazole rings is 1. The molecule has 4 rings (SSSR count). The van der Waals surface area contributed by atoms with Gasteiger partial charge < -0.3 is 19.0 Å². The number of aliphatic hydroxyl groups is 1. The van der Waals surface area contributed by atoms with Crippen molar-refractivity contribution in [3.8, 4) is 11.5 Å². The lowest BCUT2D eigenvalue weighted by molar-refractivity contribution is -0.274. The second kappa shape index (κ2) is 10.6. The lowest BCUT2D eigenvalue weighted by Gasteiger charge is -2.28. The van der Waals surface area contributed by atoms with Crippen molar-refractivity contribution in [2.24, 2.45) is 0 Å². The minimum Gasteiger partial charge on any atom is -0.487 e. The first kappa shape index (κ1) is 25.0. The number of halogens is 3. The number of aromatic nitrogens is 4. The summed E-state index contributed by atoms with van der Waals surface area (Å²) in [6, 6.07) is 12.5. The molecule has 0 spiro atoms. The predicted molar refractivity (Wildman–Crippen MR) is 124 cm³/mol. The highest BCUT2D eigenvalue weighted by Gasteiger charge is 2.32. The van der Waals surface area contributed by atoms with Gasteiger partial charge in [0.15, 0.2) is 5.72 Å². The fourth-order valence-corrected chi connectivity index (χ4v) is 3.53. The van der Waals surface area contributed by atoms with Crippen LogP contribution in [0, 0.1) is 0 Å². The van der Waals surface area contributed by atoms with Crippen LogP contribution in [0.4, 0.5) is 13.2 Å². The Morgan fingerprint density at radius 1 is 1.03 bits per heavy atom. The molecular weight excluding hydrogens is 477 g/mol. The molecule has 0 bridgehead atoms. The van der Waals surface area contributed by atoms with Crippen molar-refractivity contribution in [3.05, 3.63) is 89.9 Å². The fourth-order valence-electron chi connectivity index (χ4n) is 3.53. The van der Waals surface area contributed by atoms with Crippen LogP contribution in [-0.2, 0) is 12.3 Å². The van der Waals surface area contributed by atoms with E-state index in [9.17, 15) is 18.3 Å². The average molecular weight is 500 g/mol. The third-order valence-electron chi connectivity index (χ3n) is 5.21. The Hall–Kier alpha value is -4.12. The molecule has 1 unspecified atom stereocenters. The lowest BCUT2D eigenvalue weighted by atomic mass is 9.98. The number of hydrogen-bond acceptors (Lipinski definition) is 7. The molecule has 2 heterocycles. The summed E-state index contributed by atoms with van der Waals surface area (Å²) in [4.78, 5) is 4.31. The summed E-state index contributed by atoms with van der Waals surface area (Å²) in [5.74, 6) is 0.603. The highest BCUT2D eigenvalue weighted by atomic mass is 19.4. The summed E-state index contributed by atoms with van der Waals surface area (Å²) in [5.41, 5.74) is 0.560. The molecular formula is C25H23F3N4O4. The predicted octanol–water partition coefficient (Wildman–Crippen LogP) is 5.41. The summed E-state index contributed by atoms with van der Waals surface area (Å²) < 4.78 is 53.2. The van der Waals surface area contributed by atoms with E-state index in [1.54, 1.807) is 42.6 Å². The van der Waals surface area contributed by atoms with Crippen LogP contribution in [0.3, 0.4) is 0 Å². The van der Waals surface area contributed by atoms with Crippen LogP contribution in [0.2, 0.25) is 0 Å². The van der Waals surface area contributed by atoms with E-state index in [4.69, 9.17) is 9.15 Å². The van der Waals surface area contributed by atoms with Crippen molar-refractivity contribution in [1.82, 2.24) is 20.0 Å². The molecule has 0 radical (unpaired) electrons. The Morgan fingerprint density at radius 2 is 1.75 bits per heavy atom. The molecule has 1 atom stereocenters. The first-order chi connectivity index (χ1) is 17.2. The number of nitrogens with zero attached hydrogens (tertiary/aromatic N) is 4. The van der Waals surface area contributed by atoms with Gasteiger partial charge in [-0.05, 0) is 35.9 Å². The Bertz CT molecular complexity index is 1270. The lowest BCUT2D eigenvalue weighted by Crippen LogP contribution is -2.35. The monoisotopic (exact) mass is 500 g/mol. The standard InChI is InChI=1S/C25H23F3N4O4/c1-2-13-24(33,32-15-14-29-31-32)19-6-10-21(11-7-19)34-16-20-17-35-23(30-20)12-5-18-3-8-22(9-4-18)36-25(26,27)28/h3-12,14-15,17,33H,2,13,16H2,1H3/b12-5+. The van der Waals surface area contributed by atoms with E-state index in [0.29, 0.717) is 34.9 Å². The van der Waals surface area contributed by atoms with Gasteiger partial charge in [0, 0.05) is 24.3 Å². The van der Waals surface area contributed by atoms with Gasteiger partial charge in [0.05, 0.1) is 6.20 Å². The molecule has 0 amide bonds. The highest BCUT2D eigenvalue weighted by molar-refractivity contribution is 5.66. The maximum Gasteiger partial charge on any atom is 0.573 e. The van der Waals surface area contributed by atoms with Gasteiger partial charge in [-0.15, -0.1) is 18.3 Å². The van der Waals surface area contributed by atoms with Gasteiger partial charge in [-0.1, -0.05) is 42.8 Å². The van der Waals surface area contributed by atoms with Crippen molar-refractivity contribution in [2.45, 2.75) is 38.5 Å². The van der Waals surface area contributed by atoms with Crippen LogP contribution in [0.25, 0.3) is 12.2 Å². The summed E-state index contributed by atoms with van der Waals surface area (Å²) in [5, 5.41) is 18.9. The number of hydrogen-bond donors (Lipinski definition) is 1. The van der Waals surface area contributed by atoms with Crippen molar-refractivity contribution in [2.75, 3.05) is 0 Å². The first-order valence-electron chi connectivity index (χ1n) is 11.1. The van der Waals surface area contributed by atoms with E-state index in [2.05, 4.69) is 20.0 Å². The van der Waals surface area contributed by atoms with Crippen LogP contribution >= 0.6 is 0 Å². The van der Waals surface area contributed by atoms with Crippen LogP contribution in [0.1, 0.15) is 42.5 Å². The van der Waals surface area contributed by atoms with E-state index in [1.807, 2.05) is 6.92 Å². The fraction of sp³-hybridized carbons (Fsp3) is 0.240. The molecule has 11 heteroatoms. The summed E-state index contributed by atoms with van der Waals surface area (Å²) in [6.07, 6.45) is 4.32. The second-order valence-electron chi connectivity index (χ2n) is 7.85. The van der Waals surface area contributed by atoms with Gasteiger partial charge in [-0.3, -0.25) is 0 Å². The number of benzene rings is 2. The van der Waals surface area contributed by atoms with Crippen LogP contribution < -0.4 is 9.47 Å². The van der Waals surface area contributed by atoms with E-state index >= 15 is 0 Å². The molecule has 36 heavy (non-hydrogen) atoms. The zero-order valence-electron chi connectivity index (χ0n) is 19.2. The molecule has 0 aliphatic carbocycles. The van der Waals surface area contributed by atoms with Gasteiger partial charge in [-0.25, -0.2) is 9.67 Å². The summed E-state index contributed by atoms with van der Waals surface area (Å²) in [6.45, 7) is 2.13. The molecule has 4 aromatic rings. The minimum absolute atomic E-state index is 0.155. The maximum atomic E-state index is 12.2. The first-order valence-corrected chi connectivity index (χ1v) is 11.1. The summed E-state index contributed by atoms with van der Waals surface area (Å²) in [7, 11) is 0. The molecule has 0 saturated carbocycles. The zero-order valence-corrected chi connectivity index (χ0v) is 19.2. The molecule has 8 nitrogen and oxygen atoms in total. The number of ether oxygens (including phenoxy) is 2. The molecule has 2 aromatic heterocycles. The second-order valence-corrected chi connectivity index (χ2v) is 7.85. The molecule has 0 fully saturated rings. The van der Waals surface area contributed by atoms with E-state index in [0.717, 1.165) is 6.42 Å². The average Bonchev–Trinajstić information content (AvgIpc) is 3.55. The van der Waals surface area contributed by atoms with Crippen molar-refractivity contribution >= 4 is 12.2 Å². The van der Waals surface area contributed by atoms with Gasteiger partial charge >= 0.3 is 6.36 Å². The zero-order chi connectivity index (χ0) is 25.6. The SMILES string of the molecule is CCCC(O)(c1ccc(OCc2coc(/C=C/c3ccc(OC(F)(F)F)cc3)n2)cc1)n1ccnn1. The van der Waals surface area contributed by atoms with Gasteiger partial charge in [0.25, 0.3) is 0 Å². The van der Waals surface area contributed by atoms with Gasteiger partial charge in [-0.2, -0.15) is 0 Å². The Morgan fingerprint density at radius 3 is 2.39 bits per heavy atom. The normalized spacial score (nSPS) is 13.6. The molecule has 188 valence electrons. The topological polar surface area (TPSA) is 95.4 Å². The smallest absolute Gasteiger partial charge is 0.487 e. The Labute approximate surface area is 204 Å². The van der Waals surface area contributed by atoms with Crippen LogP contribution in [-0.4, -0.2) is 31.4 Å². The summed E-state index contributed by atoms with van der Waals surface area (Å²) >= 11 is 0. The quantitative estimate of drug-likeness (QED) is 0.311. The number of rotatable bonds is 10. The molecule has 0 aliphatic rings. The maximum absolute atomic E-state index is 12.2. The molecule has 0 saturated heterocycles. The van der Waals surface area contributed by atoms with Crippen molar-refractivity contribution < 1.29 is 32.2 Å². The largest absolute Gasteiger partial charge is 0.573 e. The molecule has 0 aliphatic heterocycles. The van der Waals surface area contributed by atoms with Crippen LogP contribution in [0.15, 0.2) is 71.6 Å². The Kier molecular flexibility index (Phi) is 7.39. The van der Waals surface area contributed by atoms with Crippen molar-refractivity contribution in [1.29, 1.82) is 0 Å². The third-order valence-corrected chi connectivity index (χ3v) is 5.21. The van der Waals surface area contributed by atoms with E-state index in [-0.39, 0.29) is 12.4 Å². The highest BCUT2D eigenvalue weighted by Crippen LogP contribution is 2.29. The van der Waals surface area contributed by atoms with Crippen LogP contribution in [0.5, 0.6) is 11.5 Å². The minimum atomic E-state index is -4.73. The molecule has 1 N–H and O–H groups in total. The third kappa shape index (κ3) is 6.30. The van der Waals surface area contributed by atoms with Gasteiger partial charge in [0.1, 0.15) is 30.1 Å². The van der Waals surface area contributed by atoms with E-state index < -0.39 is 12.1 Å².